The number of carbonyl (C=O) groups excluding carboxylic acids is 1. The van der Waals surface area contributed by atoms with E-state index in [1.54, 1.807) is 7.05 Å². The number of H-pyrrole nitrogens is 1. The van der Waals surface area contributed by atoms with Crippen LogP contribution in [0.5, 0.6) is 0 Å². The molecule has 20 heavy (non-hydrogen) atoms. The van der Waals surface area contributed by atoms with Crippen molar-refractivity contribution in [2.24, 2.45) is 7.05 Å². The number of hydrogen-bond acceptors (Lipinski definition) is 5. The molecule has 2 aromatic rings. The molecule has 9 nitrogen and oxygen atoms in total. The Morgan fingerprint density at radius 3 is 3.00 bits per heavy atom. The number of aryl methyl sites for hydroxylation is 2. The number of nitrogens with zero attached hydrogens (tertiary/aromatic N) is 4. The number of aromatic amines is 1. The zero-order chi connectivity index (χ0) is 14.5. The molecule has 0 aliphatic heterocycles. The Hall–Kier alpha value is -2.71. The van der Waals surface area contributed by atoms with Crippen LogP contribution in [-0.4, -0.2) is 37.1 Å². The largest absolute Gasteiger partial charge is 0.351 e. The van der Waals surface area contributed by atoms with Gasteiger partial charge >= 0.3 is 0 Å². The first-order chi connectivity index (χ1) is 9.58. The van der Waals surface area contributed by atoms with Gasteiger partial charge in [-0.05, 0) is 6.42 Å². The lowest BCUT2D eigenvalue weighted by molar-refractivity contribution is -0.384. The van der Waals surface area contributed by atoms with Gasteiger partial charge in [-0.3, -0.25) is 20.0 Å². The van der Waals surface area contributed by atoms with Gasteiger partial charge in [0.25, 0.3) is 11.6 Å². The van der Waals surface area contributed by atoms with Crippen LogP contribution in [0.4, 0.5) is 5.69 Å². The van der Waals surface area contributed by atoms with Gasteiger partial charge < -0.3 is 9.88 Å². The summed E-state index contributed by atoms with van der Waals surface area (Å²) in [6.07, 6.45) is 4.11. The van der Waals surface area contributed by atoms with E-state index in [0.717, 1.165) is 5.82 Å². The Labute approximate surface area is 114 Å². The molecule has 9 heteroatoms. The molecule has 2 heterocycles. The summed E-state index contributed by atoms with van der Waals surface area (Å²) in [6.45, 7) is 0.457. The highest BCUT2D eigenvalue weighted by Gasteiger charge is 2.16. The van der Waals surface area contributed by atoms with E-state index < -0.39 is 4.92 Å². The highest BCUT2D eigenvalue weighted by atomic mass is 16.6. The number of nitro groups is 1. The van der Waals surface area contributed by atoms with Crippen molar-refractivity contribution in [2.75, 3.05) is 6.54 Å². The van der Waals surface area contributed by atoms with Gasteiger partial charge in [0, 0.05) is 26.1 Å². The summed E-state index contributed by atoms with van der Waals surface area (Å²) < 4.78 is 1.43. The Balaban J connectivity index is 1.84. The fraction of sp³-hybridized carbons (Fsp3) is 0.364. The van der Waals surface area contributed by atoms with Crippen molar-refractivity contribution in [2.45, 2.75) is 12.8 Å². The van der Waals surface area contributed by atoms with Crippen LogP contribution >= 0.6 is 0 Å². The minimum absolute atomic E-state index is 0.0979. The Morgan fingerprint density at radius 1 is 1.60 bits per heavy atom. The second-order valence-corrected chi connectivity index (χ2v) is 4.24. The van der Waals surface area contributed by atoms with Crippen molar-refractivity contribution in [1.29, 1.82) is 0 Å². The number of rotatable bonds is 6. The summed E-state index contributed by atoms with van der Waals surface area (Å²) in [5.74, 6) is 0.423. The molecule has 106 valence electrons. The summed E-state index contributed by atoms with van der Waals surface area (Å²) >= 11 is 0. The Bertz CT molecular complexity index is 604. The highest BCUT2D eigenvalue weighted by molar-refractivity contribution is 5.93. The molecular weight excluding hydrogens is 264 g/mol. The van der Waals surface area contributed by atoms with E-state index in [2.05, 4.69) is 20.5 Å². The lowest BCUT2D eigenvalue weighted by atomic mass is 10.3. The minimum Gasteiger partial charge on any atom is -0.351 e. The van der Waals surface area contributed by atoms with Crippen LogP contribution in [0.15, 0.2) is 18.6 Å². The summed E-state index contributed by atoms with van der Waals surface area (Å²) in [7, 11) is 1.59. The zero-order valence-electron chi connectivity index (χ0n) is 10.9. The molecule has 0 aliphatic carbocycles. The predicted octanol–water partition coefficient (Wildman–Crippen LogP) is 0.414. The van der Waals surface area contributed by atoms with Crippen LogP contribution in [-0.2, 0) is 13.5 Å². The molecule has 2 aromatic heterocycles. The summed E-state index contributed by atoms with van der Waals surface area (Å²) in [5.41, 5.74) is 0.163. The maximum Gasteiger partial charge on any atom is 0.287 e. The second-order valence-electron chi connectivity index (χ2n) is 4.24. The van der Waals surface area contributed by atoms with E-state index in [1.807, 2.05) is 0 Å². The van der Waals surface area contributed by atoms with Gasteiger partial charge in [0.1, 0.15) is 17.8 Å². The molecule has 0 spiro atoms. The van der Waals surface area contributed by atoms with Gasteiger partial charge in [-0.1, -0.05) is 0 Å². The number of carbonyl (C=O) groups is 1. The number of aromatic nitrogens is 4. The first kappa shape index (κ1) is 13.7. The molecule has 0 aromatic carbocycles. The average molecular weight is 278 g/mol. The Morgan fingerprint density at radius 2 is 2.40 bits per heavy atom. The lowest BCUT2D eigenvalue weighted by Crippen LogP contribution is -2.26. The smallest absolute Gasteiger partial charge is 0.287 e. The zero-order valence-corrected chi connectivity index (χ0v) is 10.9. The normalized spacial score (nSPS) is 10.4. The number of amides is 1. The van der Waals surface area contributed by atoms with Crippen molar-refractivity contribution >= 4 is 11.6 Å². The maximum atomic E-state index is 11.9. The molecule has 0 saturated heterocycles. The summed E-state index contributed by atoms with van der Waals surface area (Å²) in [4.78, 5) is 25.9. The van der Waals surface area contributed by atoms with Crippen molar-refractivity contribution in [3.8, 4) is 0 Å². The third kappa shape index (κ3) is 3.19. The molecule has 2 N–H and O–H groups in total. The molecule has 0 aliphatic rings. The molecule has 0 radical (unpaired) electrons. The van der Waals surface area contributed by atoms with Crippen LogP contribution in [0.1, 0.15) is 22.7 Å². The quantitative estimate of drug-likeness (QED) is 0.450. The van der Waals surface area contributed by atoms with E-state index in [-0.39, 0.29) is 17.3 Å². The van der Waals surface area contributed by atoms with Gasteiger partial charge in [0.2, 0.25) is 0 Å². The van der Waals surface area contributed by atoms with Gasteiger partial charge in [-0.15, -0.1) is 0 Å². The van der Waals surface area contributed by atoms with E-state index >= 15 is 0 Å². The maximum absolute atomic E-state index is 11.9. The SMILES string of the molecule is Cn1cc([N+](=O)[O-])cc1C(=O)NCCCc1ncn[nH]1. The predicted molar refractivity (Wildman–Crippen MR) is 69.1 cm³/mol. The topological polar surface area (TPSA) is 119 Å². The summed E-state index contributed by atoms with van der Waals surface area (Å²) in [6, 6.07) is 1.26. The van der Waals surface area contributed by atoms with Crippen molar-refractivity contribution in [3.05, 3.63) is 40.2 Å². The van der Waals surface area contributed by atoms with E-state index in [9.17, 15) is 14.9 Å². The molecule has 2 rings (SSSR count). The Kier molecular flexibility index (Phi) is 4.08. The van der Waals surface area contributed by atoms with Crippen LogP contribution in [0.3, 0.4) is 0 Å². The first-order valence-electron chi connectivity index (χ1n) is 6.01. The molecule has 0 atom stereocenters. The van der Waals surface area contributed by atoms with Gasteiger partial charge in [0.05, 0.1) is 11.1 Å². The van der Waals surface area contributed by atoms with E-state index in [4.69, 9.17) is 0 Å². The van der Waals surface area contributed by atoms with E-state index in [1.165, 1.54) is 23.2 Å². The monoisotopic (exact) mass is 278 g/mol. The molecule has 0 bridgehead atoms. The van der Waals surface area contributed by atoms with E-state index in [0.29, 0.717) is 19.4 Å². The van der Waals surface area contributed by atoms with Crippen LogP contribution in [0.2, 0.25) is 0 Å². The van der Waals surface area contributed by atoms with Crippen LogP contribution in [0.25, 0.3) is 0 Å². The van der Waals surface area contributed by atoms with Gasteiger partial charge in [-0.25, -0.2) is 4.98 Å². The number of hydrogen-bond donors (Lipinski definition) is 2. The standard InChI is InChI=1S/C11H14N6O3/c1-16-6-8(17(19)20)5-9(16)11(18)12-4-2-3-10-13-7-14-15-10/h5-7H,2-4H2,1H3,(H,12,18)(H,13,14,15). The fourth-order valence-corrected chi connectivity index (χ4v) is 1.77. The molecular formula is C11H14N6O3. The van der Waals surface area contributed by atoms with Crippen LogP contribution < -0.4 is 5.32 Å². The minimum atomic E-state index is -0.527. The first-order valence-corrected chi connectivity index (χ1v) is 6.01. The molecule has 1 amide bonds. The third-order valence-corrected chi connectivity index (χ3v) is 2.77. The van der Waals surface area contributed by atoms with Gasteiger partial charge in [-0.2, -0.15) is 5.10 Å². The lowest BCUT2D eigenvalue weighted by Gasteiger charge is -2.04. The summed E-state index contributed by atoms with van der Waals surface area (Å²) in [5, 5.41) is 19.8. The highest BCUT2D eigenvalue weighted by Crippen LogP contribution is 2.14. The second kappa shape index (κ2) is 5.95. The van der Waals surface area contributed by atoms with Gasteiger partial charge in [0.15, 0.2) is 0 Å². The number of nitrogens with one attached hydrogen (secondary N) is 2. The van der Waals surface area contributed by atoms with Crippen molar-refractivity contribution in [1.82, 2.24) is 25.1 Å². The van der Waals surface area contributed by atoms with Crippen molar-refractivity contribution in [3.63, 3.8) is 0 Å². The average Bonchev–Trinajstić information content (AvgIpc) is 3.03. The molecule has 0 fully saturated rings. The van der Waals surface area contributed by atoms with Crippen LogP contribution in [0, 0.1) is 10.1 Å². The molecule has 0 saturated carbocycles. The molecule has 0 unspecified atom stereocenters. The fourth-order valence-electron chi connectivity index (χ4n) is 1.77. The third-order valence-electron chi connectivity index (χ3n) is 2.77. The van der Waals surface area contributed by atoms with Crippen molar-refractivity contribution < 1.29 is 9.72 Å².